The second-order valence-electron chi connectivity index (χ2n) is 10.3. The van der Waals surface area contributed by atoms with E-state index in [0.717, 1.165) is 11.1 Å². The summed E-state index contributed by atoms with van der Waals surface area (Å²) in [6, 6.07) is 15.5. The molecule has 2 saturated heterocycles. The lowest BCUT2D eigenvalue weighted by Crippen LogP contribution is -2.68. The second kappa shape index (κ2) is 9.00. The largest absolute Gasteiger partial charge is 0.480 e. The van der Waals surface area contributed by atoms with E-state index in [4.69, 9.17) is 9.47 Å². The van der Waals surface area contributed by atoms with Crippen LogP contribution < -0.4 is 5.32 Å². The van der Waals surface area contributed by atoms with Gasteiger partial charge in [-0.05, 0) is 28.7 Å². The number of likely N-dealkylation sites (tertiary alicyclic amines) is 1. The number of carbonyl (C=O) groups excluding carboxylic acids is 2. The van der Waals surface area contributed by atoms with Gasteiger partial charge in [-0.15, -0.1) is 0 Å². The first kappa shape index (κ1) is 23.4. The van der Waals surface area contributed by atoms with E-state index in [1.165, 1.54) is 16.0 Å². The van der Waals surface area contributed by atoms with Crippen molar-refractivity contribution in [3.63, 3.8) is 0 Å². The van der Waals surface area contributed by atoms with E-state index in [1.807, 2.05) is 38.1 Å². The van der Waals surface area contributed by atoms with Crippen molar-refractivity contribution in [1.29, 1.82) is 0 Å². The zero-order valence-electron chi connectivity index (χ0n) is 19.9. The number of amides is 2. The Bertz CT molecular complexity index is 1120. The zero-order chi connectivity index (χ0) is 24.7. The van der Waals surface area contributed by atoms with Gasteiger partial charge in [0.05, 0.1) is 18.6 Å². The minimum atomic E-state index is -0.984. The number of benzene rings is 2. The fourth-order valence-corrected chi connectivity index (χ4v) is 5.70. The number of carboxylic acids is 1. The summed E-state index contributed by atoms with van der Waals surface area (Å²) in [5, 5.41) is 12.2. The number of fused-ring (bicyclic) bond motifs is 3. The number of aliphatic carboxylic acids is 1. The normalized spacial score (nSPS) is 24.3. The van der Waals surface area contributed by atoms with Crippen LogP contribution in [0.5, 0.6) is 0 Å². The van der Waals surface area contributed by atoms with Gasteiger partial charge < -0.3 is 24.8 Å². The van der Waals surface area contributed by atoms with Crippen LogP contribution in [0.15, 0.2) is 48.5 Å². The Morgan fingerprint density at radius 1 is 1.09 bits per heavy atom. The van der Waals surface area contributed by atoms with E-state index in [9.17, 15) is 19.5 Å². The molecule has 2 fully saturated rings. The van der Waals surface area contributed by atoms with Gasteiger partial charge in [-0.1, -0.05) is 62.4 Å². The maximum atomic E-state index is 12.8. The molecule has 0 saturated carbocycles. The Balaban J connectivity index is 1.11. The molecule has 2 aliphatic heterocycles. The van der Waals surface area contributed by atoms with E-state index in [1.54, 1.807) is 0 Å². The molecule has 1 aliphatic carbocycles. The number of carboxylic acid groups (broad SMARTS) is 1. The van der Waals surface area contributed by atoms with Crippen molar-refractivity contribution in [2.75, 3.05) is 26.3 Å². The first-order valence-electron chi connectivity index (χ1n) is 12.0. The maximum absolute atomic E-state index is 12.8. The Morgan fingerprint density at radius 3 is 2.31 bits per heavy atom. The van der Waals surface area contributed by atoms with Crippen molar-refractivity contribution in [3.05, 3.63) is 59.7 Å². The summed E-state index contributed by atoms with van der Waals surface area (Å²) in [6.07, 6.45) is -0.408. The van der Waals surface area contributed by atoms with Crippen LogP contribution in [0.4, 0.5) is 4.79 Å². The molecule has 2 aromatic rings. The van der Waals surface area contributed by atoms with E-state index >= 15 is 0 Å². The molecule has 2 heterocycles. The lowest BCUT2D eigenvalue weighted by atomic mass is 9.74. The summed E-state index contributed by atoms with van der Waals surface area (Å²) in [5.74, 6) is -1.59. The topological polar surface area (TPSA) is 105 Å². The predicted molar refractivity (Wildman–Crippen MR) is 128 cm³/mol. The van der Waals surface area contributed by atoms with E-state index in [0.29, 0.717) is 13.0 Å². The first-order valence-corrected chi connectivity index (χ1v) is 12.0. The number of alkyl carbamates (subject to hydrolysis) is 1. The third-order valence-corrected chi connectivity index (χ3v) is 7.39. The van der Waals surface area contributed by atoms with Gasteiger partial charge in [0.25, 0.3) is 0 Å². The first-order chi connectivity index (χ1) is 16.8. The number of ether oxygens (including phenoxy) is 2. The summed E-state index contributed by atoms with van der Waals surface area (Å²) < 4.78 is 11.3. The zero-order valence-corrected chi connectivity index (χ0v) is 19.9. The highest BCUT2D eigenvalue weighted by atomic mass is 16.5. The summed E-state index contributed by atoms with van der Waals surface area (Å²) in [7, 11) is 0. The van der Waals surface area contributed by atoms with Crippen LogP contribution in [0.2, 0.25) is 0 Å². The van der Waals surface area contributed by atoms with Crippen LogP contribution in [-0.2, 0) is 19.1 Å². The molecule has 5 rings (SSSR count). The monoisotopic (exact) mass is 478 g/mol. The number of carbonyl (C=O) groups is 3. The number of nitrogens with one attached hydrogen (secondary N) is 1. The van der Waals surface area contributed by atoms with Crippen LogP contribution in [0, 0.1) is 11.3 Å². The number of rotatable bonds is 6. The lowest BCUT2D eigenvalue weighted by Gasteiger charge is -2.52. The Hall–Kier alpha value is -3.39. The molecule has 2 aromatic carbocycles. The molecule has 0 aromatic heterocycles. The fourth-order valence-electron chi connectivity index (χ4n) is 5.70. The predicted octanol–water partition coefficient (Wildman–Crippen LogP) is 3.25. The van der Waals surface area contributed by atoms with Gasteiger partial charge in [0.2, 0.25) is 5.91 Å². The van der Waals surface area contributed by atoms with Gasteiger partial charge in [0.15, 0.2) is 0 Å². The van der Waals surface area contributed by atoms with Crippen LogP contribution in [-0.4, -0.2) is 66.4 Å². The number of hydrogen-bond donors (Lipinski definition) is 2. The summed E-state index contributed by atoms with van der Waals surface area (Å²) in [6.45, 7) is 4.80. The molecule has 2 N–H and O–H groups in total. The molecular weight excluding hydrogens is 448 g/mol. The van der Waals surface area contributed by atoms with Crippen LogP contribution in [0.25, 0.3) is 11.1 Å². The van der Waals surface area contributed by atoms with Crippen molar-refractivity contribution in [1.82, 2.24) is 10.2 Å². The number of hydrogen-bond acceptors (Lipinski definition) is 5. The van der Waals surface area contributed by atoms with Gasteiger partial charge in [0.1, 0.15) is 12.6 Å². The van der Waals surface area contributed by atoms with Crippen molar-refractivity contribution in [3.8, 4) is 11.1 Å². The minimum Gasteiger partial charge on any atom is -0.480 e. The fraction of sp³-hybridized carbons (Fsp3) is 0.444. The SMILES string of the molecule is CC1(C)CN(C(=O)[C@@H]2CO[C@H](CNC(=O)OCC3c4ccccc4-c4ccccc43)C2)C1C(=O)O. The Kier molecular flexibility index (Phi) is 6.01. The highest BCUT2D eigenvalue weighted by Gasteiger charge is 2.54. The molecule has 1 unspecified atom stereocenters. The standard InChI is InChI=1S/C27H30N2O6/c1-27(2)15-29(23(27)25(31)32)24(30)16-11-17(34-13-16)12-28-26(33)35-14-22-20-9-5-3-7-18(20)19-8-4-6-10-21(19)22/h3-10,16-17,22-23H,11-15H2,1-2H3,(H,28,33)(H,31,32)/t16-,17-,23?/m0/s1. The van der Waals surface area contributed by atoms with Gasteiger partial charge in [-0.3, -0.25) is 4.79 Å². The third kappa shape index (κ3) is 4.27. The molecule has 2 amide bonds. The molecule has 35 heavy (non-hydrogen) atoms. The summed E-state index contributed by atoms with van der Waals surface area (Å²) >= 11 is 0. The quantitative estimate of drug-likeness (QED) is 0.660. The highest BCUT2D eigenvalue weighted by Crippen LogP contribution is 2.44. The molecule has 0 bridgehead atoms. The molecule has 184 valence electrons. The minimum absolute atomic E-state index is 0.0131. The van der Waals surface area contributed by atoms with Gasteiger partial charge in [-0.25, -0.2) is 9.59 Å². The van der Waals surface area contributed by atoms with Crippen molar-refractivity contribution >= 4 is 18.0 Å². The third-order valence-electron chi connectivity index (χ3n) is 7.39. The van der Waals surface area contributed by atoms with Gasteiger partial charge >= 0.3 is 12.1 Å². The van der Waals surface area contributed by atoms with Gasteiger partial charge in [-0.2, -0.15) is 0 Å². The van der Waals surface area contributed by atoms with Crippen molar-refractivity contribution in [2.24, 2.45) is 11.3 Å². The van der Waals surface area contributed by atoms with E-state index < -0.39 is 29.4 Å². The summed E-state index contributed by atoms with van der Waals surface area (Å²) in [4.78, 5) is 38.3. The summed E-state index contributed by atoms with van der Waals surface area (Å²) in [5.41, 5.74) is 4.20. The van der Waals surface area contributed by atoms with E-state index in [2.05, 4.69) is 29.6 Å². The molecule has 3 aliphatic rings. The average molecular weight is 479 g/mol. The molecule has 8 nitrogen and oxygen atoms in total. The van der Waals surface area contributed by atoms with Crippen molar-refractivity contribution in [2.45, 2.75) is 38.3 Å². The van der Waals surface area contributed by atoms with Crippen LogP contribution in [0.3, 0.4) is 0 Å². The molecule has 0 radical (unpaired) electrons. The number of nitrogens with zero attached hydrogens (tertiary/aromatic N) is 1. The lowest BCUT2D eigenvalue weighted by molar-refractivity contribution is -0.174. The average Bonchev–Trinajstić information content (AvgIpc) is 3.42. The Labute approximate surface area is 204 Å². The highest BCUT2D eigenvalue weighted by molar-refractivity contribution is 5.88. The molecule has 3 atom stereocenters. The van der Waals surface area contributed by atoms with Crippen LogP contribution in [0.1, 0.15) is 37.3 Å². The maximum Gasteiger partial charge on any atom is 0.407 e. The molecule has 8 heteroatoms. The smallest absolute Gasteiger partial charge is 0.407 e. The van der Waals surface area contributed by atoms with E-state index in [-0.39, 0.29) is 37.7 Å². The van der Waals surface area contributed by atoms with Crippen LogP contribution >= 0.6 is 0 Å². The van der Waals surface area contributed by atoms with Gasteiger partial charge in [0, 0.05) is 24.4 Å². The van der Waals surface area contributed by atoms with Crippen molar-refractivity contribution < 1.29 is 29.0 Å². The molecular formula is C27H30N2O6. The second-order valence-corrected chi connectivity index (χ2v) is 10.3. The molecule has 0 spiro atoms. The Morgan fingerprint density at radius 2 is 1.71 bits per heavy atom.